The van der Waals surface area contributed by atoms with Crippen LogP contribution in [0.5, 0.6) is 0 Å². The van der Waals surface area contributed by atoms with Gasteiger partial charge < -0.3 is 9.53 Å². The van der Waals surface area contributed by atoms with Gasteiger partial charge in [-0.2, -0.15) is 0 Å². The van der Waals surface area contributed by atoms with Gasteiger partial charge in [-0.3, -0.25) is 0 Å². The molecule has 0 aromatic rings. The van der Waals surface area contributed by atoms with E-state index in [4.69, 9.17) is 0 Å². The third kappa shape index (κ3) is 190. The van der Waals surface area contributed by atoms with E-state index in [2.05, 4.69) is 25.5 Å². The van der Waals surface area contributed by atoms with Crippen LogP contribution in [-0.2, 0) is 9.53 Å². The lowest BCUT2D eigenvalue weighted by Gasteiger charge is -1.61. The zero-order valence-electron chi connectivity index (χ0n) is 11.0. The van der Waals surface area contributed by atoms with E-state index in [1.54, 1.807) is 14.2 Å². The fraction of sp³-hybridized carbons (Fsp3) is 0.917. The molecule has 0 aliphatic heterocycles. The second-order valence-corrected chi connectivity index (χ2v) is 3.71. The first-order chi connectivity index (χ1) is 6.45. The van der Waals surface area contributed by atoms with Crippen molar-refractivity contribution in [1.82, 2.24) is 0 Å². The third-order valence-electron chi connectivity index (χ3n) is 0.866. The Morgan fingerprint density at radius 1 is 1.21 bits per heavy atom. The minimum Gasteiger partial charge on any atom is -0.388 e. The highest BCUT2D eigenvalue weighted by Crippen LogP contribution is 2.26. The summed E-state index contributed by atoms with van der Waals surface area (Å²) in [6, 6.07) is 0. The summed E-state index contributed by atoms with van der Waals surface area (Å²) in [5, 5.41) is 0. The number of carbonyl (C=O) groups is 1. The van der Waals surface area contributed by atoms with Gasteiger partial charge in [-0.1, -0.05) is 40.0 Å². The molecule has 0 N–H and O–H groups in total. The molecule has 0 amide bonds. The Morgan fingerprint density at radius 2 is 1.29 bits per heavy atom. The summed E-state index contributed by atoms with van der Waals surface area (Å²) in [4.78, 5) is 9.44. The molecule has 88 valence electrons. The molecule has 1 aliphatic rings. The quantitative estimate of drug-likeness (QED) is 0.601. The van der Waals surface area contributed by atoms with Crippen LogP contribution < -0.4 is 0 Å². The van der Waals surface area contributed by atoms with Crippen LogP contribution in [0.4, 0.5) is 0 Å². The highest BCUT2D eigenvalue weighted by atomic mass is 16.4. The Kier molecular flexibility index (Phi) is 25.3. The maximum atomic E-state index is 9.44. The van der Waals surface area contributed by atoms with Crippen LogP contribution in [0.15, 0.2) is 0 Å². The van der Waals surface area contributed by atoms with Crippen molar-refractivity contribution in [3.63, 3.8) is 0 Å². The first-order valence-electron chi connectivity index (χ1n) is 5.33. The van der Waals surface area contributed by atoms with Crippen LogP contribution in [0.1, 0.15) is 53.9 Å². The Bertz CT molecular complexity index is 90.5. The van der Waals surface area contributed by atoms with E-state index in [0.717, 1.165) is 5.92 Å². The molecule has 0 saturated heterocycles. The Balaban J connectivity index is -0.000000117. The first kappa shape index (κ1) is 19.2. The van der Waals surface area contributed by atoms with Gasteiger partial charge in [0.2, 0.25) is 0 Å². The van der Waals surface area contributed by atoms with Crippen LogP contribution in [0, 0.1) is 5.92 Å². The van der Waals surface area contributed by atoms with Crippen LogP contribution in [-0.4, -0.2) is 20.0 Å². The lowest BCUT2D eigenvalue weighted by atomic mass is 10.5. The van der Waals surface area contributed by atoms with Crippen LogP contribution in [0.2, 0.25) is 0 Å². The molecule has 0 aromatic carbocycles. The largest absolute Gasteiger partial charge is 0.388 e. The van der Waals surface area contributed by atoms with Crippen molar-refractivity contribution < 1.29 is 9.53 Å². The first-order valence-corrected chi connectivity index (χ1v) is 5.33. The molecule has 1 aliphatic carbocycles. The van der Waals surface area contributed by atoms with E-state index in [9.17, 15) is 4.79 Å². The second-order valence-electron chi connectivity index (χ2n) is 3.71. The fourth-order valence-electron chi connectivity index (χ4n) is 0.167. The molecule has 0 radical (unpaired) electrons. The lowest BCUT2D eigenvalue weighted by Crippen LogP contribution is -1.69. The van der Waals surface area contributed by atoms with Gasteiger partial charge in [-0.25, -0.2) is 0 Å². The van der Waals surface area contributed by atoms with Gasteiger partial charge in [-0.15, -0.1) is 0 Å². The van der Waals surface area contributed by atoms with Crippen LogP contribution in [0.3, 0.4) is 0 Å². The average Bonchev–Trinajstić information content (AvgIpc) is 2.73. The summed E-state index contributed by atoms with van der Waals surface area (Å²) in [5.74, 6) is 1.25. The summed E-state index contributed by atoms with van der Waals surface area (Å²) in [6.07, 6.45) is 4.22. The van der Waals surface area contributed by atoms with E-state index >= 15 is 0 Å². The van der Waals surface area contributed by atoms with Gasteiger partial charge in [0.1, 0.15) is 5.78 Å². The van der Waals surface area contributed by atoms with Crippen molar-refractivity contribution in [2.75, 3.05) is 14.2 Å². The van der Waals surface area contributed by atoms with E-state index < -0.39 is 0 Å². The van der Waals surface area contributed by atoms with Crippen LogP contribution >= 0.6 is 0 Å². The number of hydrogen-bond acceptors (Lipinski definition) is 2. The summed E-state index contributed by atoms with van der Waals surface area (Å²) in [7, 11) is 3.25. The molecule has 1 rings (SSSR count). The molecular weight excluding hydrogens is 176 g/mol. The minimum atomic E-state index is 0.167. The normalized spacial score (nSPS) is 11.9. The van der Waals surface area contributed by atoms with Crippen molar-refractivity contribution in [2.45, 2.75) is 53.9 Å². The molecule has 1 fully saturated rings. The SMILES string of the molecule is CC(C)=O.CC1CC1.CCC.COC. The van der Waals surface area contributed by atoms with Gasteiger partial charge in [-0.05, 0) is 19.8 Å². The molecule has 2 nitrogen and oxygen atoms in total. The zero-order chi connectivity index (χ0) is 12.0. The highest BCUT2D eigenvalue weighted by Gasteiger charge is 2.12. The summed E-state index contributed by atoms with van der Waals surface area (Å²) < 4.78 is 4.25. The Hall–Kier alpha value is -0.370. The van der Waals surface area contributed by atoms with Gasteiger partial charge in [0.15, 0.2) is 0 Å². The molecule has 0 spiro atoms. The predicted molar refractivity (Wildman–Crippen MR) is 63.7 cm³/mol. The van der Waals surface area contributed by atoms with E-state index in [1.165, 1.54) is 33.1 Å². The predicted octanol–water partition coefficient (Wildman–Crippen LogP) is 3.69. The van der Waals surface area contributed by atoms with Crippen molar-refractivity contribution in [2.24, 2.45) is 5.92 Å². The second kappa shape index (κ2) is 18.4. The molecule has 2 heteroatoms. The highest BCUT2D eigenvalue weighted by molar-refractivity contribution is 5.72. The van der Waals surface area contributed by atoms with Crippen LogP contribution in [0.25, 0.3) is 0 Å². The van der Waals surface area contributed by atoms with Crippen molar-refractivity contribution in [3.05, 3.63) is 0 Å². The van der Waals surface area contributed by atoms with Crippen molar-refractivity contribution in [3.8, 4) is 0 Å². The maximum Gasteiger partial charge on any atom is 0.126 e. The number of ketones is 1. The molecule has 0 aromatic heterocycles. The number of Topliss-reactive ketones (excluding diaryl/α,β-unsaturated/α-hetero) is 1. The van der Waals surface area contributed by atoms with Crippen molar-refractivity contribution in [1.29, 1.82) is 0 Å². The van der Waals surface area contributed by atoms with Gasteiger partial charge >= 0.3 is 0 Å². The summed E-state index contributed by atoms with van der Waals surface area (Å²) in [6.45, 7) is 9.58. The summed E-state index contributed by atoms with van der Waals surface area (Å²) in [5.41, 5.74) is 0. The topological polar surface area (TPSA) is 26.3 Å². The monoisotopic (exact) mass is 204 g/mol. The molecule has 0 heterocycles. The zero-order valence-corrected chi connectivity index (χ0v) is 11.0. The van der Waals surface area contributed by atoms with Gasteiger partial charge in [0, 0.05) is 14.2 Å². The lowest BCUT2D eigenvalue weighted by molar-refractivity contribution is -0.114. The maximum absolute atomic E-state index is 9.44. The standard InChI is InChI=1S/C4H8.C3H6O.C3H8.C2H6O/c1-4-2-3-4;1-3(2)4;2*1-3-2/h4H,2-3H2,1H3;1-2H3;3H2,1-2H3;1-2H3. The smallest absolute Gasteiger partial charge is 0.126 e. The van der Waals surface area contributed by atoms with E-state index in [0.29, 0.717) is 0 Å². The number of hydrogen-bond donors (Lipinski definition) is 0. The number of carbonyl (C=O) groups excluding carboxylic acids is 1. The Labute approximate surface area is 90.0 Å². The fourth-order valence-corrected chi connectivity index (χ4v) is 0.167. The molecular formula is C12H28O2. The van der Waals surface area contributed by atoms with Crippen molar-refractivity contribution >= 4 is 5.78 Å². The minimum absolute atomic E-state index is 0.167. The third-order valence-corrected chi connectivity index (χ3v) is 0.866. The molecule has 0 atom stereocenters. The molecule has 0 unspecified atom stereocenters. The van der Waals surface area contributed by atoms with Gasteiger partial charge in [0.25, 0.3) is 0 Å². The average molecular weight is 204 g/mol. The summed E-state index contributed by atoms with van der Waals surface area (Å²) >= 11 is 0. The molecule has 14 heavy (non-hydrogen) atoms. The number of rotatable bonds is 0. The van der Waals surface area contributed by atoms with E-state index in [-0.39, 0.29) is 5.78 Å². The van der Waals surface area contributed by atoms with E-state index in [1.807, 2.05) is 0 Å². The molecule has 1 saturated carbocycles. The number of methoxy groups -OCH3 is 1. The van der Waals surface area contributed by atoms with Gasteiger partial charge in [0.05, 0.1) is 0 Å². The molecule has 0 bridgehead atoms. The Morgan fingerprint density at radius 3 is 1.29 bits per heavy atom. The number of ether oxygens (including phenoxy) is 1.